The van der Waals surface area contributed by atoms with Gasteiger partial charge >= 0.3 is 0 Å². The number of thiophene rings is 1. The summed E-state index contributed by atoms with van der Waals surface area (Å²) < 4.78 is 5.35. The minimum atomic E-state index is -0.289. The number of thiazole rings is 1. The molecule has 0 aromatic carbocycles. The first-order valence-corrected chi connectivity index (χ1v) is 8.05. The molecule has 0 saturated carbocycles. The first kappa shape index (κ1) is 13.7. The van der Waals surface area contributed by atoms with Crippen LogP contribution in [-0.4, -0.2) is 53.3 Å². The molecule has 0 radical (unpaired) electrons. The van der Waals surface area contributed by atoms with E-state index in [1.807, 2.05) is 17.5 Å². The second kappa shape index (κ2) is 6.01. The van der Waals surface area contributed by atoms with Crippen molar-refractivity contribution >= 4 is 28.6 Å². The van der Waals surface area contributed by atoms with Gasteiger partial charge in [-0.3, -0.25) is 4.79 Å². The predicted molar refractivity (Wildman–Crippen MR) is 78.2 cm³/mol. The summed E-state index contributed by atoms with van der Waals surface area (Å²) in [6, 6.07) is 3.96. The fraction of sp³-hybridized carbons (Fsp3) is 0.385. The van der Waals surface area contributed by atoms with E-state index in [-0.39, 0.29) is 18.6 Å². The van der Waals surface area contributed by atoms with Crippen LogP contribution >= 0.6 is 22.7 Å². The highest BCUT2D eigenvalue weighted by Gasteiger charge is 2.26. The molecule has 3 heterocycles. The summed E-state index contributed by atoms with van der Waals surface area (Å²) in [7, 11) is 0. The van der Waals surface area contributed by atoms with E-state index in [9.17, 15) is 4.79 Å². The molecule has 3 rings (SSSR count). The van der Waals surface area contributed by atoms with Gasteiger partial charge in [0.2, 0.25) is 0 Å². The Balaban J connectivity index is 1.74. The van der Waals surface area contributed by atoms with Crippen LogP contribution in [0, 0.1) is 0 Å². The third-order valence-corrected chi connectivity index (χ3v) is 4.97. The SMILES string of the molecule is O=C(c1csc(-c2cccs2)n1)N1CCOC(CO)C1. The standard InChI is InChI=1S/C13H14N2O3S2/c16-7-9-6-15(3-4-18-9)13(17)10-8-20-12(14-10)11-2-1-5-19-11/h1-2,5,8-9,16H,3-4,6-7H2. The van der Waals surface area contributed by atoms with Crippen LogP contribution in [0.15, 0.2) is 22.9 Å². The minimum Gasteiger partial charge on any atom is -0.394 e. The molecule has 1 amide bonds. The van der Waals surface area contributed by atoms with E-state index in [1.165, 1.54) is 11.3 Å². The number of aromatic nitrogens is 1. The zero-order valence-electron chi connectivity index (χ0n) is 10.7. The number of rotatable bonds is 3. The van der Waals surface area contributed by atoms with Crippen LogP contribution in [0.2, 0.25) is 0 Å². The van der Waals surface area contributed by atoms with E-state index in [2.05, 4.69) is 4.98 Å². The highest BCUT2D eigenvalue weighted by molar-refractivity contribution is 7.20. The molecule has 2 aromatic rings. The van der Waals surface area contributed by atoms with Gasteiger partial charge in [-0.2, -0.15) is 0 Å². The van der Waals surface area contributed by atoms with Crippen molar-refractivity contribution in [1.82, 2.24) is 9.88 Å². The van der Waals surface area contributed by atoms with Crippen LogP contribution in [0.25, 0.3) is 9.88 Å². The van der Waals surface area contributed by atoms with Crippen molar-refractivity contribution in [2.24, 2.45) is 0 Å². The lowest BCUT2D eigenvalue weighted by Crippen LogP contribution is -2.47. The van der Waals surface area contributed by atoms with Crippen LogP contribution in [0.3, 0.4) is 0 Å². The average Bonchev–Trinajstić information content (AvgIpc) is 3.17. The van der Waals surface area contributed by atoms with Crippen molar-refractivity contribution < 1.29 is 14.6 Å². The molecule has 1 N–H and O–H groups in total. The van der Waals surface area contributed by atoms with Crippen molar-refractivity contribution in [3.05, 3.63) is 28.6 Å². The average molecular weight is 310 g/mol. The lowest BCUT2D eigenvalue weighted by Gasteiger charge is -2.31. The Labute approximate surface area is 124 Å². The van der Waals surface area contributed by atoms with E-state index in [1.54, 1.807) is 21.6 Å². The molecule has 0 aliphatic carbocycles. The Bertz CT molecular complexity index is 582. The Hall–Kier alpha value is -1.28. The van der Waals surface area contributed by atoms with Crippen LogP contribution in [0.1, 0.15) is 10.5 Å². The molecule has 20 heavy (non-hydrogen) atoms. The number of ether oxygens (including phenoxy) is 1. The number of amides is 1. The molecule has 1 fully saturated rings. The number of aliphatic hydroxyl groups is 1. The van der Waals surface area contributed by atoms with Crippen LogP contribution < -0.4 is 0 Å². The Morgan fingerprint density at radius 1 is 1.55 bits per heavy atom. The van der Waals surface area contributed by atoms with Gasteiger partial charge in [0.15, 0.2) is 0 Å². The minimum absolute atomic E-state index is 0.0682. The summed E-state index contributed by atoms with van der Waals surface area (Å²) in [5.74, 6) is -0.0918. The van der Waals surface area contributed by atoms with Gasteiger partial charge in [-0.25, -0.2) is 4.98 Å². The summed E-state index contributed by atoms with van der Waals surface area (Å²) in [6.07, 6.45) is -0.289. The maximum Gasteiger partial charge on any atom is 0.273 e. The third kappa shape index (κ3) is 2.76. The van der Waals surface area contributed by atoms with Gasteiger partial charge in [-0.15, -0.1) is 22.7 Å². The number of hydrogen-bond donors (Lipinski definition) is 1. The van der Waals surface area contributed by atoms with E-state index in [4.69, 9.17) is 9.84 Å². The largest absolute Gasteiger partial charge is 0.394 e. The Kier molecular flexibility index (Phi) is 4.11. The van der Waals surface area contributed by atoms with Gasteiger partial charge in [-0.1, -0.05) is 6.07 Å². The van der Waals surface area contributed by atoms with E-state index in [0.717, 1.165) is 9.88 Å². The van der Waals surface area contributed by atoms with Crippen LogP contribution in [0.4, 0.5) is 0 Å². The second-order valence-electron chi connectivity index (χ2n) is 4.44. The summed E-state index contributed by atoms with van der Waals surface area (Å²) in [5, 5.41) is 13.8. The van der Waals surface area contributed by atoms with Gasteiger partial charge in [0.05, 0.1) is 24.2 Å². The van der Waals surface area contributed by atoms with Gasteiger partial charge in [0.25, 0.3) is 5.91 Å². The molecule has 1 atom stereocenters. The lowest BCUT2D eigenvalue weighted by atomic mass is 10.2. The van der Waals surface area contributed by atoms with Crippen molar-refractivity contribution in [1.29, 1.82) is 0 Å². The summed E-state index contributed by atoms with van der Waals surface area (Å²) >= 11 is 3.09. The van der Waals surface area contributed by atoms with Gasteiger partial charge in [0, 0.05) is 18.5 Å². The molecular weight excluding hydrogens is 296 g/mol. The monoisotopic (exact) mass is 310 g/mol. The molecule has 2 aromatic heterocycles. The first-order valence-electron chi connectivity index (χ1n) is 6.29. The number of hydrogen-bond acceptors (Lipinski definition) is 6. The number of nitrogens with zero attached hydrogens (tertiary/aromatic N) is 2. The zero-order valence-corrected chi connectivity index (χ0v) is 12.3. The second-order valence-corrected chi connectivity index (χ2v) is 6.25. The van der Waals surface area contributed by atoms with E-state index >= 15 is 0 Å². The quantitative estimate of drug-likeness (QED) is 0.937. The van der Waals surface area contributed by atoms with Crippen LogP contribution in [-0.2, 0) is 4.74 Å². The maximum absolute atomic E-state index is 12.4. The molecule has 1 unspecified atom stereocenters. The molecule has 106 valence electrons. The highest BCUT2D eigenvalue weighted by atomic mass is 32.1. The summed E-state index contributed by atoms with van der Waals surface area (Å²) in [4.78, 5) is 19.6. The molecule has 1 aliphatic heterocycles. The normalized spacial score (nSPS) is 19.2. The topological polar surface area (TPSA) is 62.7 Å². The van der Waals surface area contributed by atoms with Gasteiger partial charge < -0.3 is 14.7 Å². The summed E-state index contributed by atoms with van der Waals surface area (Å²) in [5.41, 5.74) is 0.469. The fourth-order valence-electron chi connectivity index (χ4n) is 2.06. The predicted octanol–water partition coefficient (Wildman–Crippen LogP) is 1.70. The first-order chi connectivity index (χ1) is 9.78. The number of aliphatic hydroxyl groups excluding tert-OH is 1. The van der Waals surface area contributed by atoms with Gasteiger partial charge in [-0.05, 0) is 11.4 Å². The van der Waals surface area contributed by atoms with Crippen molar-refractivity contribution in [2.75, 3.05) is 26.3 Å². The van der Waals surface area contributed by atoms with E-state index in [0.29, 0.717) is 25.4 Å². The molecule has 0 bridgehead atoms. The maximum atomic E-state index is 12.4. The van der Waals surface area contributed by atoms with Crippen molar-refractivity contribution in [3.63, 3.8) is 0 Å². The molecule has 7 heteroatoms. The third-order valence-electron chi connectivity index (χ3n) is 3.08. The van der Waals surface area contributed by atoms with Crippen LogP contribution in [0.5, 0.6) is 0 Å². The lowest BCUT2D eigenvalue weighted by molar-refractivity contribution is -0.0448. The number of carbonyl (C=O) groups is 1. The smallest absolute Gasteiger partial charge is 0.273 e. The van der Waals surface area contributed by atoms with E-state index < -0.39 is 0 Å². The molecule has 5 nitrogen and oxygen atoms in total. The molecule has 1 aliphatic rings. The van der Waals surface area contributed by atoms with Crippen molar-refractivity contribution in [3.8, 4) is 9.88 Å². The number of morpholine rings is 1. The molecule has 0 spiro atoms. The fourth-order valence-corrected chi connectivity index (χ4v) is 3.67. The number of carbonyl (C=O) groups excluding carboxylic acids is 1. The Morgan fingerprint density at radius 2 is 2.45 bits per heavy atom. The molecular formula is C13H14N2O3S2. The zero-order chi connectivity index (χ0) is 13.9. The summed E-state index contributed by atoms with van der Waals surface area (Å²) in [6.45, 7) is 1.35. The van der Waals surface area contributed by atoms with Crippen molar-refractivity contribution in [2.45, 2.75) is 6.10 Å². The highest BCUT2D eigenvalue weighted by Crippen LogP contribution is 2.28. The van der Waals surface area contributed by atoms with Gasteiger partial charge in [0.1, 0.15) is 10.7 Å². The molecule has 1 saturated heterocycles. The Morgan fingerprint density at radius 3 is 3.20 bits per heavy atom.